The van der Waals surface area contributed by atoms with Gasteiger partial charge in [-0.15, -0.1) is 0 Å². The summed E-state index contributed by atoms with van der Waals surface area (Å²) in [4.78, 5) is 0. The fourth-order valence-electron chi connectivity index (χ4n) is 1.90. The van der Waals surface area contributed by atoms with Crippen LogP contribution in [0, 0.1) is 0 Å². The van der Waals surface area contributed by atoms with E-state index in [0.717, 1.165) is 23.7 Å². The third kappa shape index (κ3) is 2.06. The highest BCUT2D eigenvalue weighted by Gasteiger charge is 2.32. The number of rotatable bonds is 2. The third-order valence-electron chi connectivity index (χ3n) is 2.73. The standard InChI is InChI=1S/C14H18O2/c1-5-10(2)15-12-8-6-7-11-9-14(3,4)16-13(11)12/h5-8H,9H2,1-4H3. The van der Waals surface area contributed by atoms with E-state index < -0.39 is 0 Å². The van der Waals surface area contributed by atoms with E-state index in [-0.39, 0.29) is 5.60 Å². The van der Waals surface area contributed by atoms with Crippen molar-refractivity contribution in [3.05, 3.63) is 35.6 Å². The average molecular weight is 218 g/mol. The molecule has 0 saturated carbocycles. The summed E-state index contributed by atoms with van der Waals surface area (Å²) in [5, 5.41) is 0. The fourth-order valence-corrected chi connectivity index (χ4v) is 1.90. The van der Waals surface area contributed by atoms with E-state index in [4.69, 9.17) is 9.47 Å². The van der Waals surface area contributed by atoms with Crippen molar-refractivity contribution in [2.75, 3.05) is 0 Å². The maximum Gasteiger partial charge on any atom is 0.169 e. The quantitative estimate of drug-likeness (QED) is 0.705. The van der Waals surface area contributed by atoms with Crippen LogP contribution < -0.4 is 9.47 Å². The Morgan fingerprint density at radius 1 is 1.44 bits per heavy atom. The molecule has 0 aliphatic carbocycles. The summed E-state index contributed by atoms with van der Waals surface area (Å²) >= 11 is 0. The van der Waals surface area contributed by atoms with Crippen molar-refractivity contribution in [1.29, 1.82) is 0 Å². The normalized spacial score (nSPS) is 17.9. The van der Waals surface area contributed by atoms with Gasteiger partial charge < -0.3 is 9.47 Å². The minimum atomic E-state index is -0.119. The molecule has 2 rings (SSSR count). The lowest BCUT2D eigenvalue weighted by molar-refractivity contribution is 0.134. The van der Waals surface area contributed by atoms with Gasteiger partial charge in [0, 0.05) is 12.0 Å². The number of fused-ring (bicyclic) bond motifs is 1. The molecule has 0 N–H and O–H groups in total. The lowest BCUT2D eigenvalue weighted by atomic mass is 10.0. The molecule has 1 aliphatic heterocycles. The van der Waals surface area contributed by atoms with Crippen LogP contribution in [0.2, 0.25) is 0 Å². The number of para-hydroxylation sites is 1. The molecule has 1 aromatic carbocycles. The van der Waals surface area contributed by atoms with E-state index >= 15 is 0 Å². The molecule has 0 bridgehead atoms. The Kier molecular flexibility index (Phi) is 2.66. The maximum atomic E-state index is 5.92. The summed E-state index contributed by atoms with van der Waals surface area (Å²) in [5.74, 6) is 2.61. The summed E-state index contributed by atoms with van der Waals surface area (Å²) in [7, 11) is 0. The highest BCUT2D eigenvalue weighted by molar-refractivity contribution is 5.50. The van der Waals surface area contributed by atoms with Crippen LogP contribution >= 0.6 is 0 Å². The van der Waals surface area contributed by atoms with Crippen molar-refractivity contribution in [2.45, 2.75) is 39.7 Å². The molecule has 0 fully saturated rings. The SMILES string of the molecule is CC=C(C)Oc1cccc2c1OC(C)(C)C2. The van der Waals surface area contributed by atoms with Gasteiger partial charge >= 0.3 is 0 Å². The molecule has 0 saturated heterocycles. The first-order chi connectivity index (χ1) is 7.52. The van der Waals surface area contributed by atoms with Crippen LogP contribution in [0.1, 0.15) is 33.3 Å². The molecule has 0 amide bonds. The molecule has 2 heteroatoms. The van der Waals surface area contributed by atoms with Crippen molar-refractivity contribution < 1.29 is 9.47 Å². The lowest BCUT2D eigenvalue weighted by Gasteiger charge is -2.18. The molecule has 1 heterocycles. The predicted molar refractivity (Wildman–Crippen MR) is 64.9 cm³/mol. The van der Waals surface area contributed by atoms with Gasteiger partial charge in [-0.1, -0.05) is 12.1 Å². The van der Waals surface area contributed by atoms with Crippen molar-refractivity contribution in [3.8, 4) is 11.5 Å². The average Bonchev–Trinajstić information content (AvgIpc) is 2.53. The Balaban J connectivity index is 2.34. The Bertz CT molecular complexity index is 430. The van der Waals surface area contributed by atoms with Crippen molar-refractivity contribution in [1.82, 2.24) is 0 Å². The summed E-state index contributed by atoms with van der Waals surface area (Å²) in [6.07, 6.45) is 2.88. The van der Waals surface area contributed by atoms with Gasteiger partial charge in [0.25, 0.3) is 0 Å². The summed E-state index contributed by atoms with van der Waals surface area (Å²) in [5.41, 5.74) is 1.11. The number of allylic oxidation sites excluding steroid dienone is 2. The van der Waals surface area contributed by atoms with Crippen LogP contribution in [0.4, 0.5) is 0 Å². The molecule has 16 heavy (non-hydrogen) atoms. The Morgan fingerprint density at radius 3 is 2.88 bits per heavy atom. The maximum absolute atomic E-state index is 5.92. The summed E-state index contributed by atoms with van der Waals surface area (Å²) in [6.45, 7) is 8.10. The number of hydrogen-bond donors (Lipinski definition) is 0. The molecule has 1 aliphatic rings. The number of hydrogen-bond acceptors (Lipinski definition) is 2. The van der Waals surface area contributed by atoms with Gasteiger partial charge in [0.05, 0.1) is 5.76 Å². The second-order valence-corrected chi connectivity index (χ2v) is 4.78. The molecule has 0 spiro atoms. The van der Waals surface area contributed by atoms with E-state index in [1.807, 2.05) is 32.1 Å². The highest BCUT2D eigenvalue weighted by atomic mass is 16.5. The van der Waals surface area contributed by atoms with Crippen LogP contribution in [0.5, 0.6) is 11.5 Å². The number of benzene rings is 1. The monoisotopic (exact) mass is 218 g/mol. The zero-order chi connectivity index (χ0) is 11.8. The largest absolute Gasteiger partial charge is 0.483 e. The molecule has 86 valence electrons. The molecule has 1 aromatic rings. The van der Waals surface area contributed by atoms with Gasteiger partial charge in [-0.25, -0.2) is 0 Å². The zero-order valence-electron chi connectivity index (χ0n) is 10.3. The Morgan fingerprint density at radius 2 is 2.19 bits per heavy atom. The smallest absolute Gasteiger partial charge is 0.169 e. The topological polar surface area (TPSA) is 18.5 Å². The van der Waals surface area contributed by atoms with Gasteiger partial charge in [-0.2, -0.15) is 0 Å². The molecule has 0 atom stereocenters. The van der Waals surface area contributed by atoms with Gasteiger partial charge in [0.1, 0.15) is 5.60 Å². The van der Waals surface area contributed by atoms with Crippen molar-refractivity contribution in [2.24, 2.45) is 0 Å². The Hall–Kier alpha value is -1.44. The molecule has 0 unspecified atom stereocenters. The highest BCUT2D eigenvalue weighted by Crippen LogP contribution is 2.42. The minimum absolute atomic E-state index is 0.119. The van der Waals surface area contributed by atoms with E-state index in [2.05, 4.69) is 19.9 Å². The first-order valence-electron chi connectivity index (χ1n) is 5.63. The van der Waals surface area contributed by atoms with Crippen molar-refractivity contribution >= 4 is 0 Å². The van der Waals surface area contributed by atoms with Gasteiger partial charge in [-0.05, 0) is 39.8 Å². The van der Waals surface area contributed by atoms with Crippen LogP contribution in [0.15, 0.2) is 30.0 Å². The first-order valence-corrected chi connectivity index (χ1v) is 5.63. The summed E-state index contributed by atoms with van der Waals surface area (Å²) < 4.78 is 11.7. The van der Waals surface area contributed by atoms with Crippen LogP contribution in [0.25, 0.3) is 0 Å². The molecule has 0 radical (unpaired) electrons. The second kappa shape index (κ2) is 3.85. The molecule has 2 nitrogen and oxygen atoms in total. The molecule has 0 aromatic heterocycles. The van der Waals surface area contributed by atoms with E-state index in [1.54, 1.807) is 0 Å². The van der Waals surface area contributed by atoms with E-state index in [1.165, 1.54) is 5.56 Å². The zero-order valence-corrected chi connectivity index (χ0v) is 10.3. The number of ether oxygens (including phenoxy) is 2. The predicted octanol–water partition coefficient (Wildman–Crippen LogP) is 3.70. The van der Waals surface area contributed by atoms with Crippen LogP contribution in [-0.4, -0.2) is 5.60 Å². The van der Waals surface area contributed by atoms with Crippen LogP contribution in [-0.2, 0) is 6.42 Å². The second-order valence-electron chi connectivity index (χ2n) is 4.78. The molecular weight excluding hydrogens is 200 g/mol. The van der Waals surface area contributed by atoms with Gasteiger partial charge in [0.2, 0.25) is 0 Å². The van der Waals surface area contributed by atoms with Crippen molar-refractivity contribution in [3.63, 3.8) is 0 Å². The van der Waals surface area contributed by atoms with Crippen LogP contribution in [0.3, 0.4) is 0 Å². The van der Waals surface area contributed by atoms with E-state index in [0.29, 0.717) is 0 Å². The first kappa shape index (κ1) is 11.1. The molecular formula is C14H18O2. The van der Waals surface area contributed by atoms with Gasteiger partial charge in [-0.3, -0.25) is 0 Å². The fraction of sp³-hybridized carbons (Fsp3) is 0.429. The summed E-state index contributed by atoms with van der Waals surface area (Å²) in [6, 6.07) is 6.07. The Labute approximate surface area is 96.9 Å². The van der Waals surface area contributed by atoms with Gasteiger partial charge in [0.15, 0.2) is 11.5 Å². The van der Waals surface area contributed by atoms with E-state index in [9.17, 15) is 0 Å². The minimum Gasteiger partial charge on any atom is -0.483 e. The lowest BCUT2D eigenvalue weighted by Crippen LogP contribution is -2.24. The third-order valence-corrected chi connectivity index (χ3v) is 2.73.